The van der Waals surface area contributed by atoms with E-state index in [1.54, 1.807) is 0 Å². The molecule has 13 heteroatoms. The number of amides is 1. The van der Waals surface area contributed by atoms with Crippen molar-refractivity contribution in [2.24, 2.45) is 5.10 Å². The molecule has 2 N–H and O–H groups in total. The maximum absolute atomic E-state index is 15.3. The highest BCUT2D eigenvalue weighted by molar-refractivity contribution is 6.28. The van der Waals surface area contributed by atoms with Gasteiger partial charge in [0.2, 0.25) is 5.91 Å². The number of ether oxygens (including phenoxy) is 1. The van der Waals surface area contributed by atoms with Gasteiger partial charge in [0.1, 0.15) is 28.8 Å². The fourth-order valence-corrected chi connectivity index (χ4v) is 6.22. The monoisotopic (exact) mass is 605 g/mol. The highest BCUT2D eigenvalue weighted by atomic mass is 35.5. The number of likely N-dealkylation sites (N-methyl/N-ethyl adjacent to an activating group) is 1. The van der Waals surface area contributed by atoms with Crippen LogP contribution in [0.4, 0.5) is 23.2 Å². The molecule has 6 rings (SSSR count). The molecule has 4 heterocycles. The number of nitrogens with zero attached hydrogens (tertiary/aromatic N) is 3. The number of nitrogens with one attached hydrogen (secondary N) is 2. The fourth-order valence-electron chi connectivity index (χ4n) is 6.07. The maximum atomic E-state index is 15.3. The summed E-state index contributed by atoms with van der Waals surface area (Å²) >= 11 is 6.10. The average molecular weight is 606 g/mol. The molecule has 2 aromatic carbocycles. The van der Waals surface area contributed by atoms with E-state index in [9.17, 15) is 13.6 Å². The molecule has 8 nitrogen and oxygen atoms in total. The van der Waals surface area contributed by atoms with Crippen molar-refractivity contribution in [2.75, 3.05) is 44.8 Å². The third-order valence-corrected chi connectivity index (χ3v) is 8.24. The maximum Gasteiger partial charge on any atom is 0.249 e. The van der Waals surface area contributed by atoms with Crippen LogP contribution in [-0.4, -0.2) is 73.5 Å². The van der Waals surface area contributed by atoms with Crippen molar-refractivity contribution < 1.29 is 31.5 Å². The molecule has 0 aliphatic carbocycles. The lowest BCUT2D eigenvalue weighted by Crippen LogP contribution is -2.71. The Bertz CT molecular complexity index is 1560. The van der Waals surface area contributed by atoms with E-state index in [2.05, 4.69) is 20.6 Å². The van der Waals surface area contributed by atoms with Crippen LogP contribution in [0.3, 0.4) is 0 Å². The van der Waals surface area contributed by atoms with Crippen molar-refractivity contribution in [3.8, 4) is 0 Å². The zero-order valence-corrected chi connectivity index (χ0v) is 23.5. The number of rotatable bonds is 6. The standard InChI is InChI=1S/C29H28ClF4N5O3/c1-28(27(40)36-11-18-12-38(2)15-29(42-18)13-35-14-29)25(23-7-8-24(30)41-23)26(19-5-3-16(31)9-20(19)33)37-39(28)22-6-4-17(32)10-21(22)34/h3-10,18,25,35H,11-15H2,1-2H3,(H,36,40). The van der Waals surface area contributed by atoms with E-state index in [4.69, 9.17) is 20.8 Å². The van der Waals surface area contributed by atoms with Crippen molar-refractivity contribution in [3.05, 3.63) is 88.3 Å². The number of morpholine rings is 1. The van der Waals surface area contributed by atoms with Gasteiger partial charge in [-0.3, -0.25) is 4.79 Å². The summed E-state index contributed by atoms with van der Waals surface area (Å²) in [6.45, 7) is 4.32. The summed E-state index contributed by atoms with van der Waals surface area (Å²) in [5.41, 5.74) is -2.52. The third-order valence-electron chi connectivity index (χ3n) is 8.04. The highest BCUT2D eigenvalue weighted by Gasteiger charge is 2.57. The summed E-state index contributed by atoms with van der Waals surface area (Å²) in [5.74, 6) is -5.20. The summed E-state index contributed by atoms with van der Waals surface area (Å²) in [7, 11) is 1.97. The van der Waals surface area contributed by atoms with Gasteiger partial charge in [0, 0.05) is 50.4 Å². The number of furan rings is 1. The predicted molar refractivity (Wildman–Crippen MR) is 148 cm³/mol. The molecule has 3 aliphatic rings. The minimum atomic E-state index is -1.79. The first kappa shape index (κ1) is 28.7. The number of carbonyl (C=O) groups excluding carboxylic acids is 1. The molecule has 3 aromatic rings. The van der Waals surface area contributed by atoms with Crippen LogP contribution in [0.5, 0.6) is 0 Å². The third kappa shape index (κ3) is 4.96. The van der Waals surface area contributed by atoms with Gasteiger partial charge in [0.05, 0.1) is 23.4 Å². The number of hydrogen-bond acceptors (Lipinski definition) is 7. The number of hydrazone groups is 1. The first-order valence-electron chi connectivity index (χ1n) is 13.4. The first-order valence-corrected chi connectivity index (χ1v) is 13.8. The summed E-state index contributed by atoms with van der Waals surface area (Å²) in [5, 5.41) is 11.7. The van der Waals surface area contributed by atoms with E-state index in [1.165, 1.54) is 25.1 Å². The van der Waals surface area contributed by atoms with Gasteiger partial charge in [-0.1, -0.05) is 0 Å². The molecule has 1 spiro atoms. The van der Waals surface area contributed by atoms with Crippen LogP contribution in [0.15, 0.2) is 58.0 Å². The number of anilines is 1. The molecule has 3 aliphatic heterocycles. The summed E-state index contributed by atoms with van der Waals surface area (Å²) < 4.78 is 70.3. The van der Waals surface area contributed by atoms with Crippen LogP contribution in [0.25, 0.3) is 0 Å². The molecule has 2 saturated heterocycles. The highest BCUT2D eigenvalue weighted by Crippen LogP contribution is 2.46. The second-order valence-corrected chi connectivity index (χ2v) is 11.5. The van der Waals surface area contributed by atoms with Gasteiger partial charge in [-0.25, -0.2) is 22.6 Å². The number of hydrogen-bond donors (Lipinski definition) is 2. The molecule has 0 saturated carbocycles. The van der Waals surface area contributed by atoms with Crippen LogP contribution in [0.1, 0.15) is 24.2 Å². The lowest BCUT2D eigenvalue weighted by Gasteiger charge is -2.51. The molecule has 3 atom stereocenters. The Kier molecular flexibility index (Phi) is 7.28. The molecule has 0 bridgehead atoms. The van der Waals surface area contributed by atoms with E-state index in [0.29, 0.717) is 31.8 Å². The van der Waals surface area contributed by atoms with Crippen LogP contribution >= 0.6 is 11.6 Å². The molecule has 2 fully saturated rings. The number of halogens is 5. The molecule has 222 valence electrons. The van der Waals surface area contributed by atoms with Crippen LogP contribution < -0.4 is 15.6 Å². The van der Waals surface area contributed by atoms with Crippen molar-refractivity contribution in [2.45, 2.75) is 30.1 Å². The van der Waals surface area contributed by atoms with E-state index < -0.39 is 40.6 Å². The first-order chi connectivity index (χ1) is 20.0. The van der Waals surface area contributed by atoms with E-state index in [-0.39, 0.29) is 46.2 Å². The molecular weight excluding hydrogens is 578 g/mol. The lowest BCUT2D eigenvalue weighted by atomic mass is 9.78. The largest absolute Gasteiger partial charge is 0.449 e. The Morgan fingerprint density at radius 1 is 1.10 bits per heavy atom. The Morgan fingerprint density at radius 2 is 1.81 bits per heavy atom. The predicted octanol–water partition coefficient (Wildman–Crippen LogP) is 4.05. The Labute approximate surface area is 244 Å². The Hall–Kier alpha value is -3.45. The van der Waals surface area contributed by atoms with Crippen LogP contribution in [0, 0.1) is 23.3 Å². The van der Waals surface area contributed by atoms with Gasteiger partial charge in [-0.05, 0) is 62.0 Å². The molecule has 1 amide bonds. The molecule has 0 radical (unpaired) electrons. The van der Waals surface area contributed by atoms with Gasteiger partial charge >= 0.3 is 0 Å². The van der Waals surface area contributed by atoms with Gasteiger partial charge in [0.15, 0.2) is 16.6 Å². The molecule has 1 aromatic heterocycles. The van der Waals surface area contributed by atoms with Gasteiger partial charge in [-0.2, -0.15) is 5.10 Å². The fraction of sp³-hybridized carbons (Fsp3) is 0.379. The van der Waals surface area contributed by atoms with Crippen molar-refractivity contribution in [1.29, 1.82) is 0 Å². The quantitative estimate of drug-likeness (QED) is 0.413. The van der Waals surface area contributed by atoms with Crippen molar-refractivity contribution in [1.82, 2.24) is 15.5 Å². The topological polar surface area (TPSA) is 82.3 Å². The molecular formula is C29H28ClF4N5O3. The molecule has 3 unspecified atom stereocenters. The second-order valence-electron chi connectivity index (χ2n) is 11.2. The normalized spacial score (nSPS) is 25.4. The number of carbonyl (C=O) groups is 1. The Morgan fingerprint density at radius 3 is 2.43 bits per heavy atom. The van der Waals surface area contributed by atoms with Gasteiger partial charge in [-0.15, -0.1) is 0 Å². The van der Waals surface area contributed by atoms with E-state index in [0.717, 1.165) is 29.8 Å². The van der Waals surface area contributed by atoms with Gasteiger partial charge < -0.3 is 24.7 Å². The zero-order chi connectivity index (χ0) is 29.8. The van der Waals surface area contributed by atoms with Crippen molar-refractivity contribution in [3.63, 3.8) is 0 Å². The average Bonchev–Trinajstić information content (AvgIpc) is 3.47. The SMILES string of the molecule is CN1CC(CNC(=O)C2(C)C(c3ccc(Cl)o3)C(c3ccc(F)cc3F)=NN2c2ccc(F)cc2F)OC2(CNC2)C1. The minimum Gasteiger partial charge on any atom is -0.449 e. The van der Waals surface area contributed by atoms with E-state index >= 15 is 8.78 Å². The summed E-state index contributed by atoms with van der Waals surface area (Å²) in [6.07, 6.45) is -0.345. The van der Waals surface area contributed by atoms with E-state index in [1.807, 2.05) is 7.05 Å². The smallest absolute Gasteiger partial charge is 0.249 e. The zero-order valence-electron chi connectivity index (χ0n) is 22.8. The second kappa shape index (κ2) is 10.7. The Balaban J connectivity index is 1.42. The lowest BCUT2D eigenvalue weighted by molar-refractivity contribution is -0.171. The number of benzene rings is 2. The molecule has 42 heavy (non-hydrogen) atoms. The van der Waals surface area contributed by atoms with Crippen LogP contribution in [0.2, 0.25) is 5.22 Å². The van der Waals surface area contributed by atoms with Crippen LogP contribution in [-0.2, 0) is 9.53 Å². The van der Waals surface area contributed by atoms with Gasteiger partial charge in [0.25, 0.3) is 0 Å². The summed E-state index contributed by atoms with van der Waals surface area (Å²) in [6, 6.07) is 8.71. The van der Waals surface area contributed by atoms with Crippen molar-refractivity contribution >= 4 is 28.9 Å². The minimum absolute atomic E-state index is 0.00357. The summed E-state index contributed by atoms with van der Waals surface area (Å²) in [4.78, 5) is 16.4.